The molecule has 0 unspecified atom stereocenters. The molecule has 1 aromatic heterocycles. The van der Waals surface area contributed by atoms with E-state index in [1.165, 1.54) is 18.3 Å². The van der Waals surface area contributed by atoms with Gasteiger partial charge in [-0.3, -0.25) is 4.72 Å². The Hall–Kier alpha value is -2.81. The van der Waals surface area contributed by atoms with Gasteiger partial charge < -0.3 is 4.74 Å². The van der Waals surface area contributed by atoms with Crippen molar-refractivity contribution in [1.82, 2.24) is 4.98 Å². The SMILES string of the molecule is O=S(=O)(CCCC(F)(F)F)Nc1ccc(Oc2cccc3ccccc23)nc1. The van der Waals surface area contributed by atoms with Crippen LogP contribution in [-0.2, 0) is 10.0 Å². The van der Waals surface area contributed by atoms with Crippen molar-refractivity contribution >= 4 is 26.5 Å². The zero-order chi connectivity index (χ0) is 20.2. The van der Waals surface area contributed by atoms with Crippen LogP contribution < -0.4 is 9.46 Å². The van der Waals surface area contributed by atoms with Crippen LogP contribution in [0.15, 0.2) is 60.8 Å². The van der Waals surface area contributed by atoms with Crippen molar-refractivity contribution in [2.75, 3.05) is 10.5 Å². The van der Waals surface area contributed by atoms with E-state index in [0.29, 0.717) is 5.75 Å². The van der Waals surface area contributed by atoms with Gasteiger partial charge in [-0.05, 0) is 23.9 Å². The summed E-state index contributed by atoms with van der Waals surface area (Å²) in [6, 6.07) is 16.2. The number of sulfonamides is 1. The Morgan fingerprint density at radius 1 is 1.00 bits per heavy atom. The van der Waals surface area contributed by atoms with Crippen molar-refractivity contribution in [2.24, 2.45) is 0 Å². The quantitative estimate of drug-likeness (QED) is 0.588. The molecule has 0 aliphatic carbocycles. The maximum Gasteiger partial charge on any atom is 0.389 e. The molecule has 0 aliphatic rings. The lowest BCUT2D eigenvalue weighted by Gasteiger charge is -2.10. The summed E-state index contributed by atoms with van der Waals surface area (Å²) in [6.07, 6.45) is -4.78. The molecule has 3 rings (SSSR count). The lowest BCUT2D eigenvalue weighted by atomic mass is 10.1. The van der Waals surface area contributed by atoms with Gasteiger partial charge in [0, 0.05) is 17.9 Å². The summed E-state index contributed by atoms with van der Waals surface area (Å²) in [6.45, 7) is 0. The van der Waals surface area contributed by atoms with Gasteiger partial charge >= 0.3 is 6.18 Å². The van der Waals surface area contributed by atoms with E-state index in [1.807, 2.05) is 36.4 Å². The summed E-state index contributed by atoms with van der Waals surface area (Å²) in [4.78, 5) is 4.06. The highest BCUT2D eigenvalue weighted by atomic mass is 32.2. The first-order valence-electron chi connectivity index (χ1n) is 8.41. The van der Waals surface area contributed by atoms with Crippen molar-refractivity contribution < 1.29 is 26.3 Å². The van der Waals surface area contributed by atoms with Crippen LogP contribution >= 0.6 is 0 Å². The fourth-order valence-electron chi connectivity index (χ4n) is 2.59. The number of pyridine rings is 1. The fraction of sp³-hybridized carbons (Fsp3) is 0.211. The standard InChI is InChI=1S/C19H17F3N2O3S/c20-19(21,22)11-4-12-28(25,26)24-15-9-10-18(23-13-15)27-17-8-3-6-14-5-1-2-7-16(14)17/h1-3,5-10,13,24H,4,11-12H2. The summed E-state index contributed by atoms with van der Waals surface area (Å²) in [7, 11) is -3.89. The van der Waals surface area contributed by atoms with Crippen LogP contribution in [0, 0.1) is 0 Å². The normalized spacial score (nSPS) is 12.1. The molecule has 0 amide bonds. The third kappa shape index (κ3) is 5.59. The predicted molar refractivity (Wildman–Crippen MR) is 101 cm³/mol. The lowest BCUT2D eigenvalue weighted by Crippen LogP contribution is -2.18. The van der Waals surface area contributed by atoms with Crippen molar-refractivity contribution in [3.63, 3.8) is 0 Å². The summed E-state index contributed by atoms with van der Waals surface area (Å²) in [5.41, 5.74) is 0.150. The number of ether oxygens (including phenoxy) is 1. The molecule has 0 bridgehead atoms. The molecule has 9 heteroatoms. The summed E-state index contributed by atoms with van der Waals surface area (Å²) in [5.74, 6) is 0.239. The number of alkyl halides is 3. The molecule has 5 nitrogen and oxygen atoms in total. The molecule has 0 aliphatic heterocycles. The van der Waals surface area contributed by atoms with Gasteiger partial charge in [0.1, 0.15) is 5.75 Å². The van der Waals surface area contributed by atoms with Gasteiger partial charge in [0.25, 0.3) is 0 Å². The number of rotatable bonds is 7. The van der Waals surface area contributed by atoms with Gasteiger partial charge in [0.15, 0.2) is 0 Å². The average molecular weight is 410 g/mol. The van der Waals surface area contributed by atoms with E-state index in [-0.39, 0.29) is 11.6 Å². The summed E-state index contributed by atoms with van der Waals surface area (Å²) in [5, 5.41) is 1.91. The first-order chi connectivity index (χ1) is 13.2. The highest BCUT2D eigenvalue weighted by molar-refractivity contribution is 7.92. The van der Waals surface area contributed by atoms with E-state index in [0.717, 1.165) is 10.8 Å². The van der Waals surface area contributed by atoms with Crippen molar-refractivity contribution in [3.05, 3.63) is 60.8 Å². The van der Waals surface area contributed by atoms with Gasteiger partial charge in [-0.1, -0.05) is 36.4 Å². The number of hydrogen-bond acceptors (Lipinski definition) is 4. The molecule has 28 heavy (non-hydrogen) atoms. The highest BCUT2D eigenvalue weighted by Gasteiger charge is 2.27. The first-order valence-corrected chi connectivity index (χ1v) is 10.1. The predicted octanol–water partition coefficient (Wildman–Crippen LogP) is 5.11. The maximum absolute atomic E-state index is 12.1. The number of anilines is 1. The smallest absolute Gasteiger partial charge is 0.389 e. The Morgan fingerprint density at radius 3 is 2.46 bits per heavy atom. The molecule has 3 aromatic rings. The van der Waals surface area contributed by atoms with E-state index in [2.05, 4.69) is 9.71 Å². The minimum Gasteiger partial charge on any atom is -0.438 e. The second-order valence-electron chi connectivity index (χ2n) is 6.10. The summed E-state index contributed by atoms with van der Waals surface area (Å²) < 4.78 is 68.1. The monoisotopic (exact) mass is 410 g/mol. The van der Waals surface area contributed by atoms with Gasteiger partial charge in [0.05, 0.1) is 17.6 Å². The van der Waals surface area contributed by atoms with Gasteiger partial charge in [-0.2, -0.15) is 13.2 Å². The van der Waals surface area contributed by atoms with Crippen LogP contribution in [0.2, 0.25) is 0 Å². The van der Waals surface area contributed by atoms with Gasteiger partial charge in [-0.25, -0.2) is 13.4 Å². The largest absolute Gasteiger partial charge is 0.438 e. The Bertz CT molecular complexity index is 1050. The number of aromatic nitrogens is 1. The molecule has 1 N–H and O–H groups in total. The Morgan fingerprint density at radius 2 is 1.75 bits per heavy atom. The number of nitrogens with one attached hydrogen (secondary N) is 1. The minimum atomic E-state index is -4.38. The average Bonchev–Trinajstić information content (AvgIpc) is 2.62. The minimum absolute atomic E-state index is 0.150. The van der Waals surface area contributed by atoms with Crippen LogP contribution in [0.5, 0.6) is 11.6 Å². The second-order valence-corrected chi connectivity index (χ2v) is 7.95. The molecule has 1 heterocycles. The van der Waals surface area contributed by atoms with Crippen molar-refractivity contribution in [2.45, 2.75) is 19.0 Å². The van der Waals surface area contributed by atoms with E-state index >= 15 is 0 Å². The van der Waals surface area contributed by atoms with Gasteiger partial charge in [0.2, 0.25) is 15.9 Å². The molecule has 0 radical (unpaired) electrons. The Balaban J connectivity index is 1.65. The Kier molecular flexibility index (Phi) is 5.73. The topological polar surface area (TPSA) is 68.3 Å². The van der Waals surface area contributed by atoms with Crippen molar-refractivity contribution in [3.8, 4) is 11.6 Å². The second kappa shape index (κ2) is 8.05. The van der Waals surface area contributed by atoms with E-state index in [4.69, 9.17) is 4.74 Å². The molecule has 0 saturated heterocycles. The van der Waals surface area contributed by atoms with E-state index in [1.54, 1.807) is 6.07 Å². The Labute approximate surface area is 160 Å². The number of nitrogens with zero attached hydrogens (tertiary/aromatic N) is 1. The first kappa shape index (κ1) is 19.9. The molecule has 0 fully saturated rings. The number of fused-ring (bicyclic) bond motifs is 1. The van der Waals surface area contributed by atoms with Gasteiger partial charge in [-0.15, -0.1) is 0 Å². The van der Waals surface area contributed by atoms with Crippen LogP contribution in [0.3, 0.4) is 0 Å². The third-order valence-electron chi connectivity index (χ3n) is 3.85. The fourth-order valence-corrected chi connectivity index (χ4v) is 3.70. The van der Waals surface area contributed by atoms with Crippen LogP contribution in [0.4, 0.5) is 18.9 Å². The summed E-state index contributed by atoms with van der Waals surface area (Å²) >= 11 is 0. The van der Waals surface area contributed by atoms with Crippen LogP contribution in [0.1, 0.15) is 12.8 Å². The molecular formula is C19H17F3N2O3S. The third-order valence-corrected chi connectivity index (χ3v) is 5.22. The van der Waals surface area contributed by atoms with Crippen LogP contribution in [-0.4, -0.2) is 25.3 Å². The molecule has 0 saturated carbocycles. The number of benzene rings is 2. The maximum atomic E-state index is 12.1. The van der Waals surface area contributed by atoms with E-state index < -0.39 is 34.8 Å². The van der Waals surface area contributed by atoms with Crippen molar-refractivity contribution in [1.29, 1.82) is 0 Å². The van der Waals surface area contributed by atoms with E-state index in [9.17, 15) is 21.6 Å². The molecule has 2 aromatic carbocycles. The number of hydrogen-bond donors (Lipinski definition) is 1. The zero-order valence-electron chi connectivity index (χ0n) is 14.6. The number of halogens is 3. The lowest BCUT2D eigenvalue weighted by molar-refractivity contribution is -0.134. The van der Waals surface area contributed by atoms with Crippen LogP contribution in [0.25, 0.3) is 10.8 Å². The highest BCUT2D eigenvalue weighted by Crippen LogP contribution is 2.29. The molecule has 0 atom stereocenters. The molecule has 0 spiro atoms. The molecule has 148 valence electrons. The molecular weight excluding hydrogens is 393 g/mol. The zero-order valence-corrected chi connectivity index (χ0v) is 15.4.